The molecule has 0 radical (unpaired) electrons. The second kappa shape index (κ2) is 9.24. The first-order valence-electron chi connectivity index (χ1n) is 11.8. The van der Waals surface area contributed by atoms with Gasteiger partial charge in [0.15, 0.2) is 5.13 Å². The lowest BCUT2D eigenvalue weighted by molar-refractivity contribution is -0.132. The lowest BCUT2D eigenvalue weighted by atomic mass is 9.95. The van der Waals surface area contributed by atoms with E-state index in [1.165, 1.54) is 16.2 Å². The summed E-state index contributed by atoms with van der Waals surface area (Å²) in [6, 6.07) is 17.7. The average molecular weight is 499 g/mol. The molecule has 1 aliphatic rings. The van der Waals surface area contributed by atoms with E-state index in [1.807, 2.05) is 64.1 Å². The molecule has 1 aromatic heterocycles. The highest BCUT2D eigenvalue weighted by molar-refractivity contribution is 7.22. The maximum Gasteiger partial charge on any atom is 0.301 e. The van der Waals surface area contributed by atoms with Crippen LogP contribution in [0.2, 0.25) is 0 Å². The van der Waals surface area contributed by atoms with E-state index in [9.17, 15) is 14.7 Å². The number of ketones is 1. The fraction of sp³-hybridized carbons (Fsp3) is 0.207. The molecule has 7 heteroatoms. The Labute approximate surface area is 213 Å². The molecule has 1 atom stereocenters. The molecule has 3 aromatic carbocycles. The predicted molar refractivity (Wildman–Crippen MR) is 143 cm³/mol. The second-order valence-corrected chi connectivity index (χ2v) is 9.97. The molecule has 0 spiro atoms. The van der Waals surface area contributed by atoms with Crippen LogP contribution in [0.25, 0.3) is 16.0 Å². The Balaban J connectivity index is 1.69. The Kier molecular flexibility index (Phi) is 6.10. The molecule has 0 saturated carbocycles. The van der Waals surface area contributed by atoms with E-state index in [2.05, 4.69) is 0 Å². The highest BCUT2D eigenvalue weighted by Crippen LogP contribution is 2.44. The number of anilines is 1. The van der Waals surface area contributed by atoms with Gasteiger partial charge in [0.05, 0.1) is 28.4 Å². The van der Waals surface area contributed by atoms with Crippen LogP contribution in [0.1, 0.15) is 40.8 Å². The summed E-state index contributed by atoms with van der Waals surface area (Å²) in [6.45, 7) is 8.38. The number of Topliss-reactive ketones (excluding diaryl/α,β-unsaturated/α-hetero) is 1. The van der Waals surface area contributed by atoms with Gasteiger partial charge in [-0.1, -0.05) is 47.2 Å². The van der Waals surface area contributed by atoms with E-state index >= 15 is 0 Å². The summed E-state index contributed by atoms with van der Waals surface area (Å²) in [5, 5.41) is 11.8. The molecule has 6 nitrogen and oxygen atoms in total. The molecule has 1 saturated heterocycles. The van der Waals surface area contributed by atoms with Crippen molar-refractivity contribution < 1.29 is 19.4 Å². The maximum atomic E-state index is 13.4. The van der Waals surface area contributed by atoms with Crippen molar-refractivity contribution in [2.24, 2.45) is 0 Å². The van der Waals surface area contributed by atoms with Crippen LogP contribution >= 0.6 is 11.3 Å². The molecular weight excluding hydrogens is 472 g/mol. The summed E-state index contributed by atoms with van der Waals surface area (Å²) in [5.41, 5.74) is 5.15. The Hall–Kier alpha value is -3.97. The fourth-order valence-corrected chi connectivity index (χ4v) is 5.76. The summed E-state index contributed by atoms with van der Waals surface area (Å²) in [6.07, 6.45) is 0. The molecule has 36 heavy (non-hydrogen) atoms. The van der Waals surface area contributed by atoms with Crippen molar-refractivity contribution in [3.8, 4) is 5.75 Å². The molecule has 5 rings (SSSR count). The normalized spacial score (nSPS) is 17.2. The maximum absolute atomic E-state index is 13.4. The monoisotopic (exact) mass is 498 g/mol. The van der Waals surface area contributed by atoms with Gasteiger partial charge in [0, 0.05) is 5.56 Å². The van der Waals surface area contributed by atoms with Gasteiger partial charge in [-0.3, -0.25) is 14.5 Å². The first kappa shape index (κ1) is 23.8. The van der Waals surface area contributed by atoms with E-state index in [0.717, 1.165) is 32.5 Å². The highest BCUT2D eigenvalue weighted by Gasteiger charge is 2.48. The van der Waals surface area contributed by atoms with Crippen LogP contribution in [0, 0.1) is 20.8 Å². The van der Waals surface area contributed by atoms with Crippen LogP contribution in [-0.2, 0) is 9.59 Å². The number of fused-ring (bicyclic) bond motifs is 1. The lowest BCUT2D eigenvalue weighted by Crippen LogP contribution is -2.29. The summed E-state index contributed by atoms with van der Waals surface area (Å²) >= 11 is 1.37. The SMILES string of the molecule is CCOc1ccc(C(O)=C2C(=O)C(=O)N(c3nc4c(C)cc(C)cc4s3)C2c2ccc(C)cc2)cc1. The molecule has 1 N–H and O–H groups in total. The summed E-state index contributed by atoms with van der Waals surface area (Å²) in [7, 11) is 0. The zero-order valence-corrected chi connectivity index (χ0v) is 21.3. The average Bonchev–Trinajstić information content (AvgIpc) is 3.38. The number of carbonyl (C=O) groups excluding carboxylic acids is 2. The van der Waals surface area contributed by atoms with E-state index < -0.39 is 17.7 Å². The molecule has 0 bridgehead atoms. The number of thiazole rings is 1. The van der Waals surface area contributed by atoms with Crippen molar-refractivity contribution in [3.05, 3.63) is 94.1 Å². The van der Waals surface area contributed by atoms with Gasteiger partial charge < -0.3 is 9.84 Å². The minimum atomic E-state index is -0.806. The summed E-state index contributed by atoms with van der Waals surface area (Å²) in [5.74, 6) is -1.01. The minimum Gasteiger partial charge on any atom is -0.507 e. The molecule has 182 valence electrons. The van der Waals surface area contributed by atoms with Crippen LogP contribution in [0.5, 0.6) is 5.75 Å². The number of benzene rings is 3. The lowest BCUT2D eigenvalue weighted by Gasteiger charge is -2.23. The predicted octanol–water partition coefficient (Wildman–Crippen LogP) is 6.25. The van der Waals surface area contributed by atoms with Crippen LogP contribution < -0.4 is 9.64 Å². The number of aliphatic hydroxyl groups excluding tert-OH is 1. The largest absolute Gasteiger partial charge is 0.507 e. The number of aromatic nitrogens is 1. The van der Waals surface area contributed by atoms with E-state index in [4.69, 9.17) is 9.72 Å². The van der Waals surface area contributed by atoms with Crippen molar-refractivity contribution in [1.82, 2.24) is 4.98 Å². The van der Waals surface area contributed by atoms with E-state index in [-0.39, 0.29) is 11.3 Å². The number of hydrogen-bond donors (Lipinski definition) is 1. The zero-order valence-electron chi connectivity index (χ0n) is 20.5. The standard InChI is InChI=1S/C29H26N2O4S/c1-5-35-21-12-10-20(11-13-21)26(32)23-25(19-8-6-16(2)7-9-19)31(28(34)27(23)33)29-30-24-18(4)14-17(3)15-22(24)36-29/h6-15,25,32H,5H2,1-4H3. The number of ether oxygens (including phenoxy) is 1. The number of aliphatic hydroxyl groups is 1. The number of nitrogens with zero attached hydrogens (tertiary/aromatic N) is 2. The Morgan fingerprint density at radius 3 is 2.36 bits per heavy atom. The van der Waals surface area contributed by atoms with E-state index in [0.29, 0.717) is 23.1 Å². The summed E-state index contributed by atoms with van der Waals surface area (Å²) in [4.78, 5) is 33.0. The topological polar surface area (TPSA) is 79.7 Å². The molecule has 1 unspecified atom stereocenters. The second-order valence-electron chi connectivity index (χ2n) is 8.96. The minimum absolute atomic E-state index is 0.0418. The number of aryl methyl sites for hydroxylation is 3. The smallest absolute Gasteiger partial charge is 0.301 e. The van der Waals surface area contributed by atoms with Gasteiger partial charge in [-0.25, -0.2) is 4.98 Å². The van der Waals surface area contributed by atoms with Crippen molar-refractivity contribution in [1.29, 1.82) is 0 Å². The summed E-state index contributed by atoms with van der Waals surface area (Å²) < 4.78 is 6.44. The highest BCUT2D eigenvalue weighted by atomic mass is 32.1. The number of rotatable bonds is 5. The fourth-order valence-electron chi connectivity index (χ4n) is 4.59. The van der Waals surface area contributed by atoms with Crippen LogP contribution in [0.15, 0.2) is 66.2 Å². The van der Waals surface area contributed by atoms with Crippen LogP contribution in [0.3, 0.4) is 0 Å². The quantitative estimate of drug-likeness (QED) is 0.200. The van der Waals surface area contributed by atoms with Gasteiger partial charge in [0.25, 0.3) is 5.78 Å². The molecule has 1 amide bonds. The van der Waals surface area contributed by atoms with Crippen molar-refractivity contribution in [3.63, 3.8) is 0 Å². The molecular formula is C29H26N2O4S. The third-order valence-electron chi connectivity index (χ3n) is 6.30. The van der Waals surface area contributed by atoms with Crippen LogP contribution in [-0.4, -0.2) is 28.4 Å². The zero-order chi connectivity index (χ0) is 25.6. The molecule has 1 fully saturated rings. The van der Waals surface area contributed by atoms with Gasteiger partial charge in [0.2, 0.25) is 0 Å². The third-order valence-corrected chi connectivity index (χ3v) is 7.30. The van der Waals surface area contributed by atoms with Crippen molar-refractivity contribution >= 4 is 44.1 Å². The van der Waals surface area contributed by atoms with Gasteiger partial charge in [-0.05, 0) is 74.7 Å². The Morgan fingerprint density at radius 1 is 1.00 bits per heavy atom. The Morgan fingerprint density at radius 2 is 1.69 bits per heavy atom. The van der Waals surface area contributed by atoms with Gasteiger partial charge in [0.1, 0.15) is 11.5 Å². The number of carbonyl (C=O) groups is 2. The van der Waals surface area contributed by atoms with Gasteiger partial charge in [-0.15, -0.1) is 0 Å². The first-order chi connectivity index (χ1) is 17.3. The van der Waals surface area contributed by atoms with Crippen molar-refractivity contribution in [2.45, 2.75) is 33.7 Å². The molecule has 1 aliphatic heterocycles. The molecule has 2 heterocycles. The van der Waals surface area contributed by atoms with Crippen molar-refractivity contribution in [2.75, 3.05) is 11.5 Å². The number of hydrogen-bond acceptors (Lipinski definition) is 6. The Bertz CT molecular complexity index is 1520. The number of amides is 1. The van der Waals surface area contributed by atoms with Crippen LogP contribution in [0.4, 0.5) is 5.13 Å². The third kappa shape index (κ3) is 4.05. The molecule has 0 aliphatic carbocycles. The van der Waals surface area contributed by atoms with Gasteiger partial charge >= 0.3 is 5.91 Å². The van der Waals surface area contributed by atoms with E-state index in [1.54, 1.807) is 24.3 Å². The molecule has 4 aromatic rings. The van der Waals surface area contributed by atoms with Gasteiger partial charge in [-0.2, -0.15) is 0 Å². The first-order valence-corrected chi connectivity index (χ1v) is 12.6.